The van der Waals surface area contributed by atoms with E-state index in [1.165, 1.54) is 12.1 Å². The van der Waals surface area contributed by atoms with E-state index in [-0.39, 0.29) is 11.4 Å². The lowest BCUT2D eigenvalue weighted by Gasteiger charge is -2.05. The standard InChI is InChI=1S/C14H9FN2O/c15-10-7-9-3-1-5-16-13(9)12(8-10)11-4-2-6-17-14(11)18/h1-8H,(H,17,18). The van der Waals surface area contributed by atoms with Crippen molar-refractivity contribution in [1.82, 2.24) is 9.97 Å². The number of nitrogens with zero attached hydrogens (tertiary/aromatic N) is 1. The van der Waals surface area contributed by atoms with E-state index in [2.05, 4.69) is 9.97 Å². The zero-order valence-electron chi connectivity index (χ0n) is 9.35. The Bertz CT molecular complexity index is 780. The summed E-state index contributed by atoms with van der Waals surface area (Å²) in [6, 6.07) is 9.60. The van der Waals surface area contributed by atoms with Crippen LogP contribution in [0.4, 0.5) is 4.39 Å². The summed E-state index contributed by atoms with van der Waals surface area (Å²) in [5.74, 6) is -0.381. The maximum atomic E-state index is 13.6. The van der Waals surface area contributed by atoms with Gasteiger partial charge in [-0.25, -0.2) is 4.39 Å². The second-order valence-corrected chi connectivity index (χ2v) is 3.94. The molecule has 0 spiro atoms. The number of H-pyrrole nitrogens is 1. The molecule has 1 aromatic carbocycles. The number of hydrogen-bond donors (Lipinski definition) is 1. The third kappa shape index (κ3) is 1.68. The summed E-state index contributed by atoms with van der Waals surface area (Å²) in [4.78, 5) is 18.6. The first kappa shape index (κ1) is 10.7. The maximum Gasteiger partial charge on any atom is 0.255 e. The average molecular weight is 240 g/mol. The van der Waals surface area contributed by atoms with E-state index < -0.39 is 0 Å². The molecule has 3 rings (SSSR count). The second-order valence-electron chi connectivity index (χ2n) is 3.94. The minimum Gasteiger partial charge on any atom is -0.329 e. The molecule has 0 bridgehead atoms. The molecular formula is C14H9FN2O. The Labute approximate surface area is 102 Å². The SMILES string of the molecule is O=c1[nH]cccc1-c1cc(F)cc2cccnc12. The molecule has 0 amide bonds. The molecule has 0 radical (unpaired) electrons. The Kier molecular flexibility index (Phi) is 2.41. The summed E-state index contributed by atoms with van der Waals surface area (Å²) in [5.41, 5.74) is 1.29. The van der Waals surface area contributed by atoms with E-state index in [1.807, 2.05) is 0 Å². The van der Waals surface area contributed by atoms with Gasteiger partial charge in [-0.3, -0.25) is 9.78 Å². The molecular weight excluding hydrogens is 231 g/mol. The molecule has 0 atom stereocenters. The van der Waals surface area contributed by atoms with Crippen LogP contribution in [0, 0.1) is 5.82 Å². The van der Waals surface area contributed by atoms with Crippen LogP contribution in [0.5, 0.6) is 0 Å². The van der Waals surface area contributed by atoms with Gasteiger partial charge in [-0.15, -0.1) is 0 Å². The Morgan fingerprint density at radius 2 is 2.00 bits per heavy atom. The maximum absolute atomic E-state index is 13.6. The van der Waals surface area contributed by atoms with Crippen molar-refractivity contribution in [3.63, 3.8) is 0 Å². The first-order valence-electron chi connectivity index (χ1n) is 5.48. The molecule has 0 saturated heterocycles. The van der Waals surface area contributed by atoms with Gasteiger partial charge in [0.25, 0.3) is 5.56 Å². The van der Waals surface area contributed by atoms with E-state index >= 15 is 0 Å². The van der Waals surface area contributed by atoms with Crippen LogP contribution in [0.15, 0.2) is 53.6 Å². The Morgan fingerprint density at radius 1 is 1.11 bits per heavy atom. The smallest absolute Gasteiger partial charge is 0.255 e. The molecule has 88 valence electrons. The van der Waals surface area contributed by atoms with E-state index in [9.17, 15) is 9.18 Å². The molecule has 1 N–H and O–H groups in total. The summed E-state index contributed by atoms with van der Waals surface area (Å²) >= 11 is 0. The van der Waals surface area contributed by atoms with Crippen LogP contribution in [0.2, 0.25) is 0 Å². The third-order valence-electron chi connectivity index (χ3n) is 2.78. The lowest BCUT2D eigenvalue weighted by molar-refractivity contribution is 0.630. The van der Waals surface area contributed by atoms with E-state index in [0.29, 0.717) is 22.0 Å². The number of benzene rings is 1. The Balaban J connectivity index is 2.42. The molecule has 18 heavy (non-hydrogen) atoms. The molecule has 0 fully saturated rings. The third-order valence-corrected chi connectivity index (χ3v) is 2.78. The van der Waals surface area contributed by atoms with Gasteiger partial charge >= 0.3 is 0 Å². The van der Waals surface area contributed by atoms with Crippen molar-refractivity contribution < 1.29 is 4.39 Å². The lowest BCUT2D eigenvalue weighted by atomic mass is 10.0. The van der Waals surface area contributed by atoms with Crippen LogP contribution >= 0.6 is 0 Å². The molecule has 3 aromatic rings. The molecule has 0 aliphatic carbocycles. The number of hydrogen-bond acceptors (Lipinski definition) is 2. The van der Waals surface area contributed by atoms with Crippen LogP contribution in [-0.4, -0.2) is 9.97 Å². The molecule has 0 saturated carbocycles. The number of halogens is 1. The van der Waals surface area contributed by atoms with Crippen molar-refractivity contribution >= 4 is 10.9 Å². The van der Waals surface area contributed by atoms with Crippen molar-refractivity contribution in [2.45, 2.75) is 0 Å². The predicted molar refractivity (Wildman–Crippen MR) is 67.8 cm³/mol. The van der Waals surface area contributed by atoms with Crippen LogP contribution in [0.1, 0.15) is 0 Å². The molecule has 2 aromatic heterocycles. The minimum atomic E-state index is -0.381. The number of rotatable bonds is 1. The minimum absolute atomic E-state index is 0.255. The topological polar surface area (TPSA) is 45.8 Å². The van der Waals surface area contributed by atoms with Gasteiger partial charge in [0.2, 0.25) is 0 Å². The number of nitrogens with one attached hydrogen (secondary N) is 1. The van der Waals surface area contributed by atoms with E-state index in [0.717, 1.165) is 0 Å². The van der Waals surface area contributed by atoms with E-state index in [1.54, 1.807) is 36.7 Å². The Morgan fingerprint density at radius 3 is 2.83 bits per heavy atom. The van der Waals surface area contributed by atoms with Gasteiger partial charge in [-0.2, -0.15) is 0 Å². The van der Waals surface area contributed by atoms with Gasteiger partial charge in [0.1, 0.15) is 5.82 Å². The van der Waals surface area contributed by atoms with Gasteiger partial charge in [0.15, 0.2) is 0 Å². The summed E-state index contributed by atoms with van der Waals surface area (Å²) in [7, 11) is 0. The van der Waals surface area contributed by atoms with Gasteiger partial charge in [-0.05, 0) is 30.3 Å². The van der Waals surface area contributed by atoms with Crippen molar-refractivity contribution in [3.8, 4) is 11.1 Å². The summed E-state index contributed by atoms with van der Waals surface area (Å²) < 4.78 is 13.6. The lowest BCUT2D eigenvalue weighted by Crippen LogP contribution is -2.07. The zero-order valence-corrected chi connectivity index (χ0v) is 9.35. The van der Waals surface area contributed by atoms with E-state index in [4.69, 9.17) is 0 Å². The molecule has 4 heteroatoms. The monoisotopic (exact) mass is 240 g/mol. The highest BCUT2D eigenvalue weighted by atomic mass is 19.1. The molecule has 0 unspecified atom stereocenters. The zero-order chi connectivity index (χ0) is 12.5. The normalized spacial score (nSPS) is 10.7. The van der Waals surface area contributed by atoms with Crippen molar-refractivity contribution in [1.29, 1.82) is 0 Å². The highest BCUT2D eigenvalue weighted by Crippen LogP contribution is 2.25. The number of aromatic nitrogens is 2. The predicted octanol–water partition coefficient (Wildman–Crippen LogP) is 2.73. The van der Waals surface area contributed by atoms with Crippen LogP contribution in [0.3, 0.4) is 0 Å². The van der Waals surface area contributed by atoms with Crippen LogP contribution in [-0.2, 0) is 0 Å². The first-order valence-corrected chi connectivity index (χ1v) is 5.48. The number of aromatic amines is 1. The van der Waals surface area contributed by atoms with Crippen LogP contribution < -0.4 is 5.56 Å². The molecule has 0 aliphatic heterocycles. The quantitative estimate of drug-likeness (QED) is 0.710. The highest BCUT2D eigenvalue weighted by molar-refractivity contribution is 5.93. The highest BCUT2D eigenvalue weighted by Gasteiger charge is 2.10. The van der Waals surface area contributed by atoms with Crippen LogP contribution in [0.25, 0.3) is 22.0 Å². The number of pyridine rings is 2. The van der Waals surface area contributed by atoms with Crippen molar-refractivity contribution in [2.24, 2.45) is 0 Å². The summed E-state index contributed by atoms with van der Waals surface area (Å²) in [6.45, 7) is 0. The largest absolute Gasteiger partial charge is 0.329 e. The first-order chi connectivity index (χ1) is 8.75. The molecule has 2 heterocycles. The fraction of sp³-hybridized carbons (Fsp3) is 0. The molecule has 0 aliphatic rings. The fourth-order valence-corrected chi connectivity index (χ4v) is 1.99. The van der Waals surface area contributed by atoms with Gasteiger partial charge in [-0.1, -0.05) is 6.07 Å². The summed E-state index contributed by atoms with van der Waals surface area (Å²) in [6.07, 6.45) is 3.17. The Hall–Kier alpha value is -2.49. The second kappa shape index (κ2) is 4.07. The van der Waals surface area contributed by atoms with Gasteiger partial charge in [0, 0.05) is 28.9 Å². The number of fused-ring (bicyclic) bond motifs is 1. The van der Waals surface area contributed by atoms with Gasteiger partial charge < -0.3 is 4.98 Å². The fourth-order valence-electron chi connectivity index (χ4n) is 1.99. The average Bonchev–Trinajstić information content (AvgIpc) is 2.38. The summed E-state index contributed by atoms with van der Waals surface area (Å²) in [5, 5.41) is 0.677. The molecule has 3 nitrogen and oxygen atoms in total. The van der Waals surface area contributed by atoms with Gasteiger partial charge in [0.05, 0.1) is 5.52 Å². The van der Waals surface area contributed by atoms with Crippen molar-refractivity contribution in [2.75, 3.05) is 0 Å². The van der Waals surface area contributed by atoms with Crippen molar-refractivity contribution in [3.05, 3.63) is 65.0 Å².